The average Bonchev–Trinajstić information content (AvgIpc) is 2.37. The fraction of sp³-hybridized carbons (Fsp3) is 0.636. The first kappa shape index (κ1) is 12.9. The molecule has 2 rings (SSSR count). The molecule has 2 heterocycles. The van der Waals surface area contributed by atoms with E-state index in [1.54, 1.807) is 6.07 Å². The van der Waals surface area contributed by atoms with E-state index in [1.165, 1.54) is 24.6 Å². The quantitative estimate of drug-likeness (QED) is 0.518. The lowest BCUT2D eigenvalue weighted by atomic mass is 10.1. The molecular weight excluding hydrogens is 258 g/mol. The number of nitrogens with one attached hydrogen (secondary N) is 1. The molecule has 0 aromatic carbocycles. The highest BCUT2D eigenvalue weighted by atomic mass is 35.5. The van der Waals surface area contributed by atoms with Crippen LogP contribution >= 0.6 is 23.4 Å². The highest BCUT2D eigenvalue weighted by Gasteiger charge is 2.13. The Bertz CT molecular complexity index is 372. The average molecular weight is 274 g/mol. The van der Waals surface area contributed by atoms with Crippen LogP contribution in [0.5, 0.6) is 5.88 Å². The largest absolute Gasteiger partial charge is 0.476 e. The number of thioether (sulfide) groups is 1. The Hall–Kier alpha value is -0.520. The molecule has 0 spiro atoms. The third-order valence-electron chi connectivity index (χ3n) is 2.68. The number of hydrogen-bond donors (Lipinski definition) is 1. The van der Waals surface area contributed by atoms with E-state index >= 15 is 0 Å². The maximum absolute atomic E-state index is 5.89. The van der Waals surface area contributed by atoms with Gasteiger partial charge in [0, 0.05) is 12.1 Å². The summed E-state index contributed by atoms with van der Waals surface area (Å²) in [6.07, 6.45) is 5.60. The molecule has 4 nitrogen and oxygen atoms in total. The second-order valence-electron chi connectivity index (χ2n) is 3.97. The minimum absolute atomic E-state index is 0.426. The zero-order chi connectivity index (χ0) is 12.1. The van der Waals surface area contributed by atoms with E-state index in [2.05, 4.69) is 15.3 Å². The van der Waals surface area contributed by atoms with Gasteiger partial charge in [-0.2, -0.15) is 4.98 Å². The molecule has 1 aromatic heterocycles. The summed E-state index contributed by atoms with van der Waals surface area (Å²) in [5.74, 6) is 0.557. The van der Waals surface area contributed by atoms with E-state index in [-0.39, 0.29) is 0 Å². The van der Waals surface area contributed by atoms with Crippen molar-refractivity contribution in [3.63, 3.8) is 0 Å². The van der Waals surface area contributed by atoms with Crippen molar-refractivity contribution in [1.82, 2.24) is 15.3 Å². The van der Waals surface area contributed by atoms with Crippen LogP contribution in [0.25, 0.3) is 0 Å². The van der Waals surface area contributed by atoms with Gasteiger partial charge in [0.1, 0.15) is 11.8 Å². The van der Waals surface area contributed by atoms with E-state index in [4.69, 9.17) is 16.3 Å². The van der Waals surface area contributed by atoms with E-state index in [1.807, 2.05) is 6.26 Å². The third kappa shape index (κ3) is 4.01. The Labute approximate surface area is 111 Å². The highest BCUT2D eigenvalue weighted by Crippen LogP contribution is 2.19. The Morgan fingerprint density at radius 2 is 2.41 bits per heavy atom. The third-order valence-corrected chi connectivity index (χ3v) is 3.42. The van der Waals surface area contributed by atoms with Gasteiger partial charge in [-0.3, -0.25) is 0 Å². The molecule has 6 heteroatoms. The van der Waals surface area contributed by atoms with Gasteiger partial charge in [-0.25, -0.2) is 4.98 Å². The van der Waals surface area contributed by atoms with Gasteiger partial charge in [0.25, 0.3) is 0 Å². The number of aromatic nitrogens is 2. The fourth-order valence-electron chi connectivity index (χ4n) is 1.79. The topological polar surface area (TPSA) is 47.0 Å². The van der Waals surface area contributed by atoms with Crippen LogP contribution in [0.4, 0.5) is 0 Å². The SMILES string of the molecule is CSc1nc(Cl)cc(OC[C@@H]2CCCCN2)n1. The van der Waals surface area contributed by atoms with Crippen LogP contribution in [0, 0.1) is 0 Å². The van der Waals surface area contributed by atoms with Crippen LogP contribution in [-0.4, -0.2) is 35.4 Å². The summed E-state index contributed by atoms with van der Waals surface area (Å²) in [5, 5.41) is 4.50. The van der Waals surface area contributed by atoms with Crippen molar-refractivity contribution in [1.29, 1.82) is 0 Å². The van der Waals surface area contributed by atoms with E-state index in [0.717, 1.165) is 13.0 Å². The zero-order valence-electron chi connectivity index (χ0n) is 9.78. The summed E-state index contributed by atoms with van der Waals surface area (Å²) < 4.78 is 5.66. The highest BCUT2D eigenvalue weighted by molar-refractivity contribution is 7.98. The minimum Gasteiger partial charge on any atom is -0.476 e. The summed E-state index contributed by atoms with van der Waals surface area (Å²) in [6, 6.07) is 2.08. The number of nitrogens with zero attached hydrogens (tertiary/aromatic N) is 2. The van der Waals surface area contributed by atoms with Gasteiger partial charge in [-0.05, 0) is 25.6 Å². The summed E-state index contributed by atoms with van der Waals surface area (Å²) in [6.45, 7) is 1.72. The molecule has 17 heavy (non-hydrogen) atoms. The van der Waals surface area contributed by atoms with Crippen LogP contribution in [0.3, 0.4) is 0 Å². The zero-order valence-corrected chi connectivity index (χ0v) is 11.4. The minimum atomic E-state index is 0.426. The molecule has 1 saturated heterocycles. The van der Waals surface area contributed by atoms with Crippen LogP contribution in [0.1, 0.15) is 19.3 Å². The van der Waals surface area contributed by atoms with E-state index in [9.17, 15) is 0 Å². The smallest absolute Gasteiger partial charge is 0.218 e. The Morgan fingerprint density at radius 3 is 3.12 bits per heavy atom. The monoisotopic (exact) mass is 273 g/mol. The lowest BCUT2D eigenvalue weighted by molar-refractivity contribution is 0.230. The van der Waals surface area contributed by atoms with Crippen molar-refractivity contribution in [2.24, 2.45) is 0 Å². The van der Waals surface area contributed by atoms with Gasteiger partial charge < -0.3 is 10.1 Å². The molecule has 1 aliphatic rings. The summed E-state index contributed by atoms with van der Waals surface area (Å²) >= 11 is 7.35. The number of halogens is 1. The van der Waals surface area contributed by atoms with Crippen LogP contribution in [0.2, 0.25) is 5.15 Å². The molecule has 1 atom stereocenters. The predicted molar refractivity (Wildman–Crippen MR) is 70.0 cm³/mol. The first-order chi connectivity index (χ1) is 8.28. The second-order valence-corrected chi connectivity index (χ2v) is 5.13. The Balaban J connectivity index is 1.91. The summed E-state index contributed by atoms with van der Waals surface area (Å²) in [5.41, 5.74) is 0. The van der Waals surface area contributed by atoms with Gasteiger partial charge in [-0.15, -0.1) is 0 Å². The van der Waals surface area contributed by atoms with Crippen molar-refractivity contribution < 1.29 is 4.74 Å². The molecule has 1 aromatic rings. The molecule has 1 N–H and O–H groups in total. The molecule has 0 aliphatic carbocycles. The van der Waals surface area contributed by atoms with Gasteiger partial charge in [0.2, 0.25) is 5.88 Å². The van der Waals surface area contributed by atoms with Gasteiger partial charge in [0.05, 0.1) is 0 Å². The van der Waals surface area contributed by atoms with Crippen LogP contribution in [0.15, 0.2) is 11.2 Å². The molecule has 0 bridgehead atoms. The molecule has 0 amide bonds. The molecular formula is C11H16ClN3OS. The van der Waals surface area contributed by atoms with Crippen LogP contribution in [-0.2, 0) is 0 Å². The van der Waals surface area contributed by atoms with E-state index < -0.39 is 0 Å². The normalized spacial score (nSPS) is 20.2. The fourth-order valence-corrected chi connectivity index (χ4v) is 2.39. The maximum Gasteiger partial charge on any atom is 0.218 e. The standard InChI is InChI=1S/C11H16ClN3OS/c1-17-11-14-9(12)6-10(15-11)16-7-8-4-2-3-5-13-8/h6,8,13H,2-5,7H2,1H3/t8-/m0/s1. The van der Waals surface area contributed by atoms with Crippen LogP contribution < -0.4 is 10.1 Å². The molecule has 0 radical (unpaired) electrons. The van der Waals surface area contributed by atoms with Crippen molar-refractivity contribution in [2.75, 3.05) is 19.4 Å². The summed E-state index contributed by atoms with van der Waals surface area (Å²) in [7, 11) is 0. The summed E-state index contributed by atoms with van der Waals surface area (Å²) in [4.78, 5) is 8.32. The Morgan fingerprint density at radius 1 is 1.53 bits per heavy atom. The van der Waals surface area contributed by atoms with Gasteiger partial charge >= 0.3 is 0 Å². The molecule has 94 valence electrons. The predicted octanol–water partition coefficient (Wildman–Crippen LogP) is 2.37. The maximum atomic E-state index is 5.89. The van der Waals surface area contributed by atoms with Crippen molar-refractivity contribution in [3.8, 4) is 5.88 Å². The second kappa shape index (κ2) is 6.42. The van der Waals surface area contributed by atoms with Crippen molar-refractivity contribution >= 4 is 23.4 Å². The number of ether oxygens (including phenoxy) is 1. The first-order valence-electron chi connectivity index (χ1n) is 5.72. The first-order valence-corrected chi connectivity index (χ1v) is 7.33. The number of hydrogen-bond acceptors (Lipinski definition) is 5. The number of piperidine rings is 1. The number of rotatable bonds is 4. The Kier molecular flexibility index (Phi) is 4.88. The molecule has 1 fully saturated rings. The van der Waals surface area contributed by atoms with Crippen molar-refractivity contribution in [3.05, 3.63) is 11.2 Å². The lowest BCUT2D eigenvalue weighted by Gasteiger charge is -2.23. The van der Waals surface area contributed by atoms with Gasteiger partial charge in [-0.1, -0.05) is 29.8 Å². The van der Waals surface area contributed by atoms with Gasteiger partial charge in [0.15, 0.2) is 5.16 Å². The van der Waals surface area contributed by atoms with E-state index in [0.29, 0.717) is 28.8 Å². The molecule has 1 aliphatic heterocycles. The molecule has 0 unspecified atom stereocenters. The lowest BCUT2D eigenvalue weighted by Crippen LogP contribution is -2.38. The van der Waals surface area contributed by atoms with Crippen molar-refractivity contribution in [2.45, 2.75) is 30.5 Å². The molecule has 0 saturated carbocycles.